The molecule has 1 saturated heterocycles. The second-order valence-electron chi connectivity index (χ2n) is 8.53. The summed E-state index contributed by atoms with van der Waals surface area (Å²) in [5.74, 6) is 1.68. The first-order chi connectivity index (χ1) is 15.0. The highest BCUT2D eigenvalue weighted by Gasteiger charge is 2.31. The highest BCUT2D eigenvalue weighted by molar-refractivity contribution is 5.90. The summed E-state index contributed by atoms with van der Waals surface area (Å²) >= 11 is 0. The fraction of sp³-hybridized carbons (Fsp3) is 0.652. The molecular weight excluding hydrogens is 392 g/mol. The molecule has 3 rings (SSSR count). The van der Waals surface area contributed by atoms with Crippen molar-refractivity contribution in [3.05, 3.63) is 23.9 Å². The van der Waals surface area contributed by atoms with Gasteiger partial charge >= 0.3 is 0 Å². The number of likely N-dealkylation sites (tertiary alicyclic amines) is 1. The van der Waals surface area contributed by atoms with Crippen LogP contribution in [0.5, 0.6) is 0 Å². The van der Waals surface area contributed by atoms with E-state index in [0.29, 0.717) is 24.2 Å². The SMILES string of the molecule is CCNC(=NCCC(=O)Nc1ccc(C)cn1)NC1CCN(C(=O)C2CCCCC2)C1. The smallest absolute Gasteiger partial charge is 0.227 e. The van der Waals surface area contributed by atoms with Crippen LogP contribution in [0, 0.1) is 12.8 Å². The van der Waals surface area contributed by atoms with E-state index in [4.69, 9.17) is 0 Å². The van der Waals surface area contributed by atoms with Gasteiger partial charge in [0.1, 0.15) is 5.82 Å². The third-order valence-corrected chi connectivity index (χ3v) is 5.93. The third-order valence-electron chi connectivity index (χ3n) is 5.93. The Morgan fingerprint density at radius 1 is 1.19 bits per heavy atom. The Labute approximate surface area is 185 Å². The lowest BCUT2D eigenvalue weighted by Gasteiger charge is -2.26. The summed E-state index contributed by atoms with van der Waals surface area (Å²) in [5, 5.41) is 9.47. The van der Waals surface area contributed by atoms with Gasteiger partial charge in [-0.1, -0.05) is 25.3 Å². The van der Waals surface area contributed by atoms with Crippen LogP contribution < -0.4 is 16.0 Å². The molecular formula is C23H36N6O2. The molecule has 1 aliphatic heterocycles. The quantitative estimate of drug-likeness (QED) is 0.458. The topological polar surface area (TPSA) is 98.7 Å². The minimum atomic E-state index is -0.110. The molecule has 0 bridgehead atoms. The molecule has 1 aliphatic carbocycles. The number of anilines is 1. The van der Waals surface area contributed by atoms with E-state index >= 15 is 0 Å². The van der Waals surface area contributed by atoms with Gasteiger partial charge in [-0.15, -0.1) is 0 Å². The highest BCUT2D eigenvalue weighted by atomic mass is 16.2. The van der Waals surface area contributed by atoms with E-state index in [9.17, 15) is 9.59 Å². The van der Waals surface area contributed by atoms with Gasteiger partial charge in [-0.2, -0.15) is 0 Å². The van der Waals surface area contributed by atoms with Crippen LogP contribution >= 0.6 is 0 Å². The van der Waals surface area contributed by atoms with Crippen molar-refractivity contribution in [2.45, 2.75) is 64.8 Å². The maximum atomic E-state index is 12.8. The molecule has 2 heterocycles. The zero-order valence-electron chi connectivity index (χ0n) is 18.8. The maximum Gasteiger partial charge on any atom is 0.227 e. The summed E-state index contributed by atoms with van der Waals surface area (Å²) in [6.45, 7) is 6.61. The first kappa shape index (κ1) is 23.0. The number of aryl methyl sites for hydroxylation is 1. The van der Waals surface area contributed by atoms with E-state index < -0.39 is 0 Å². The summed E-state index contributed by atoms with van der Waals surface area (Å²) in [4.78, 5) is 35.7. The first-order valence-electron chi connectivity index (χ1n) is 11.6. The van der Waals surface area contributed by atoms with Crippen molar-refractivity contribution >= 4 is 23.6 Å². The van der Waals surface area contributed by atoms with Crippen molar-refractivity contribution in [2.24, 2.45) is 10.9 Å². The predicted octanol–water partition coefficient (Wildman–Crippen LogP) is 2.45. The van der Waals surface area contributed by atoms with E-state index in [-0.39, 0.29) is 24.3 Å². The van der Waals surface area contributed by atoms with Crippen molar-refractivity contribution in [2.75, 3.05) is 31.5 Å². The van der Waals surface area contributed by atoms with Crippen LogP contribution in [-0.2, 0) is 9.59 Å². The Hall–Kier alpha value is -2.64. The van der Waals surface area contributed by atoms with Gasteiger partial charge in [0.25, 0.3) is 0 Å². The summed E-state index contributed by atoms with van der Waals surface area (Å²) < 4.78 is 0. The number of nitrogens with zero attached hydrogens (tertiary/aromatic N) is 3. The second-order valence-corrected chi connectivity index (χ2v) is 8.53. The molecule has 31 heavy (non-hydrogen) atoms. The molecule has 3 N–H and O–H groups in total. The molecule has 0 aromatic carbocycles. The molecule has 2 fully saturated rings. The Bertz CT molecular complexity index is 758. The average molecular weight is 429 g/mol. The molecule has 1 saturated carbocycles. The number of carbonyl (C=O) groups is 2. The molecule has 170 valence electrons. The number of amides is 2. The predicted molar refractivity (Wildman–Crippen MR) is 123 cm³/mol. The lowest BCUT2D eigenvalue weighted by atomic mass is 9.88. The largest absolute Gasteiger partial charge is 0.357 e. The normalized spacial score (nSPS) is 19.9. The van der Waals surface area contributed by atoms with Crippen LogP contribution in [-0.4, -0.2) is 59.9 Å². The van der Waals surface area contributed by atoms with Crippen LogP contribution in [0.15, 0.2) is 23.3 Å². The molecule has 1 unspecified atom stereocenters. The van der Waals surface area contributed by atoms with Gasteiger partial charge in [0.2, 0.25) is 11.8 Å². The minimum absolute atomic E-state index is 0.110. The average Bonchev–Trinajstić information content (AvgIpc) is 3.24. The summed E-state index contributed by atoms with van der Waals surface area (Å²) in [5.41, 5.74) is 1.05. The summed E-state index contributed by atoms with van der Waals surface area (Å²) in [6, 6.07) is 3.90. The highest BCUT2D eigenvalue weighted by Crippen LogP contribution is 2.26. The van der Waals surface area contributed by atoms with Gasteiger partial charge < -0.3 is 20.9 Å². The number of aliphatic imine (C=N–C) groups is 1. The molecule has 0 radical (unpaired) electrons. The van der Waals surface area contributed by atoms with Gasteiger partial charge in [-0.3, -0.25) is 14.6 Å². The third kappa shape index (κ3) is 7.22. The zero-order valence-corrected chi connectivity index (χ0v) is 18.8. The maximum absolute atomic E-state index is 12.8. The Balaban J connectivity index is 1.44. The lowest BCUT2D eigenvalue weighted by molar-refractivity contribution is -0.135. The van der Waals surface area contributed by atoms with Crippen LogP contribution in [0.25, 0.3) is 0 Å². The van der Waals surface area contributed by atoms with Crippen molar-refractivity contribution in [3.8, 4) is 0 Å². The van der Waals surface area contributed by atoms with Gasteiger partial charge in [-0.25, -0.2) is 4.98 Å². The van der Waals surface area contributed by atoms with Crippen LogP contribution in [0.4, 0.5) is 5.82 Å². The number of carbonyl (C=O) groups excluding carboxylic acids is 2. The van der Waals surface area contributed by atoms with Crippen LogP contribution in [0.1, 0.15) is 57.4 Å². The monoisotopic (exact) mass is 428 g/mol. The number of aromatic nitrogens is 1. The van der Waals surface area contributed by atoms with E-state index in [1.165, 1.54) is 19.3 Å². The Morgan fingerprint density at radius 2 is 2.00 bits per heavy atom. The van der Waals surface area contributed by atoms with Crippen molar-refractivity contribution < 1.29 is 9.59 Å². The second kappa shape index (κ2) is 11.7. The molecule has 2 aliphatic rings. The van der Waals surface area contributed by atoms with Crippen molar-refractivity contribution in [3.63, 3.8) is 0 Å². The van der Waals surface area contributed by atoms with Gasteiger partial charge in [-0.05, 0) is 44.7 Å². The van der Waals surface area contributed by atoms with E-state index in [0.717, 1.165) is 44.5 Å². The summed E-state index contributed by atoms with van der Waals surface area (Å²) in [7, 11) is 0. The number of hydrogen-bond acceptors (Lipinski definition) is 4. The zero-order chi connectivity index (χ0) is 22.1. The van der Waals surface area contributed by atoms with Gasteiger partial charge in [0.15, 0.2) is 5.96 Å². The molecule has 8 nitrogen and oxygen atoms in total. The number of rotatable bonds is 7. The molecule has 1 atom stereocenters. The first-order valence-corrected chi connectivity index (χ1v) is 11.6. The summed E-state index contributed by atoms with van der Waals surface area (Å²) in [6.07, 6.45) is 8.62. The van der Waals surface area contributed by atoms with Gasteiger partial charge in [0.05, 0.1) is 6.54 Å². The molecule has 8 heteroatoms. The van der Waals surface area contributed by atoms with E-state index in [1.54, 1.807) is 12.3 Å². The van der Waals surface area contributed by atoms with Crippen LogP contribution in [0.2, 0.25) is 0 Å². The molecule has 2 amide bonds. The van der Waals surface area contributed by atoms with Gasteiger partial charge in [0, 0.05) is 44.2 Å². The lowest BCUT2D eigenvalue weighted by Crippen LogP contribution is -2.45. The standard InChI is InChI=1S/C23H36N6O2/c1-3-24-23(25-13-11-21(30)28-20-10-9-17(2)15-26-20)27-19-12-14-29(16-19)22(31)18-7-5-4-6-8-18/h9-10,15,18-19H,3-8,11-14,16H2,1-2H3,(H2,24,25,27)(H,26,28,30). The van der Waals surface area contributed by atoms with Crippen molar-refractivity contribution in [1.82, 2.24) is 20.5 Å². The number of hydrogen-bond donors (Lipinski definition) is 3. The number of guanidine groups is 1. The molecule has 1 aromatic rings. The molecule has 0 spiro atoms. The Kier molecular flexibility index (Phi) is 8.67. The molecule has 1 aromatic heterocycles. The number of nitrogens with one attached hydrogen (secondary N) is 3. The minimum Gasteiger partial charge on any atom is -0.357 e. The van der Waals surface area contributed by atoms with Crippen LogP contribution in [0.3, 0.4) is 0 Å². The Morgan fingerprint density at radius 3 is 2.71 bits per heavy atom. The number of pyridine rings is 1. The van der Waals surface area contributed by atoms with E-state index in [1.807, 2.05) is 24.8 Å². The van der Waals surface area contributed by atoms with E-state index in [2.05, 4.69) is 25.9 Å². The van der Waals surface area contributed by atoms with Crippen molar-refractivity contribution in [1.29, 1.82) is 0 Å². The fourth-order valence-corrected chi connectivity index (χ4v) is 4.22. The fourth-order valence-electron chi connectivity index (χ4n) is 4.22.